The molecule has 0 aliphatic heterocycles. The Bertz CT molecular complexity index is 1070. The number of rotatable bonds is 6. The second-order valence-corrected chi connectivity index (χ2v) is 8.60. The second kappa shape index (κ2) is 8.10. The van der Waals surface area contributed by atoms with Crippen LogP contribution in [0.4, 0.5) is 0 Å². The number of benzene rings is 1. The standard InChI is InChI=1S/C23H26N4OS/c1-3-17-7-6-9-23(17,25)15-28-20-11-16(12-21(29-2)18(20)13-24)19-14-26-22-8-4-5-10-27(19)22/h4-5,8,10-12,14,17H,3,6-7,9,15,25H2,1-2H3/t17-,23-/m0/s1. The molecule has 5 nitrogen and oxygen atoms in total. The molecule has 3 aromatic rings. The largest absolute Gasteiger partial charge is 0.490 e. The number of nitriles is 1. The highest BCUT2D eigenvalue weighted by Gasteiger charge is 2.39. The van der Waals surface area contributed by atoms with Crippen molar-refractivity contribution >= 4 is 17.4 Å². The predicted octanol–water partition coefficient (Wildman–Crippen LogP) is 4.88. The van der Waals surface area contributed by atoms with Crippen LogP contribution in [0.25, 0.3) is 16.9 Å². The minimum atomic E-state index is -0.319. The summed E-state index contributed by atoms with van der Waals surface area (Å²) in [6.45, 7) is 2.63. The van der Waals surface area contributed by atoms with Crippen LogP contribution in [0.1, 0.15) is 38.2 Å². The van der Waals surface area contributed by atoms with Crippen molar-refractivity contribution in [3.05, 3.63) is 48.3 Å². The molecule has 2 atom stereocenters. The van der Waals surface area contributed by atoms with Crippen LogP contribution in [0.3, 0.4) is 0 Å². The SMILES string of the molecule is CC[C@H]1CCC[C@]1(N)COc1cc(-c2cnc3ccccn23)cc(SC)c1C#N. The number of ether oxygens (including phenoxy) is 1. The van der Waals surface area contributed by atoms with Crippen molar-refractivity contribution in [1.82, 2.24) is 9.38 Å². The number of pyridine rings is 1. The third-order valence-electron chi connectivity index (χ3n) is 6.11. The lowest BCUT2D eigenvalue weighted by Gasteiger charge is -2.31. The molecule has 0 amide bonds. The average Bonchev–Trinajstić information content (AvgIpc) is 3.35. The minimum Gasteiger partial charge on any atom is -0.490 e. The van der Waals surface area contributed by atoms with Crippen LogP contribution < -0.4 is 10.5 Å². The lowest BCUT2D eigenvalue weighted by Crippen LogP contribution is -2.48. The molecular formula is C23H26N4OS. The van der Waals surface area contributed by atoms with Gasteiger partial charge in [0.05, 0.1) is 17.4 Å². The molecule has 1 aliphatic carbocycles. The first-order chi connectivity index (χ1) is 14.1. The average molecular weight is 407 g/mol. The van der Waals surface area contributed by atoms with E-state index in [4.69, 9.17) is 10.5 Å². The molecule has 0 spiro atoms. The Balaban J connectivity index is 1.73. The van der Waals surface area contributed by atoms with Gasteiger partial charge >= 0.3 is 0 Å². The molecule has 1 fully saturated rings. The molecule has 1 saturated carbocycles. The molecular weight excluding hydrogens is 380 g/mol. The summed E-state index contributed by atoms with van der Waals surface area (Å²) in [5.74, 6) is 1.07. The third kappa shape index (κ3) is 3.61. The molecule has 4 rings (SSSR count). The van der Waals surface area contributed by atoms with Crippen LogP contribution in [0.15, 0.2) is 47.6 Å². The summed E-state index contributed by atoms with van der Waals surface area (Å²) in [6, 6.07) is 12.2. The van der Waals surface area contributed by atoms with Gasteiger partial charge in [0.15, 0.2) is 0 Å². The van der Waals surface area contributed by atoms with Gasteiger partial charge in [-0.3, -0.25) is 4.40 Å². The molecule has 0 saturated heterocycles. The first-order valence-electron chi connectivity index (χ1n) is 10.1. The van der Waals surface area contributed by atoms with Crippen molar-refractivity contribution < 1.29 is 4.74 Å². The summed E-state index contributed by atoms with van der Waals surface area (Å²) in [4.78, 5) is 5.39. The van der Waals surface area contributed by atoms with Gasteiger partial charge in [-0.15, -0.1) is 11.8 Å². The van der Waals surface area contributed by atoms with Gasteiger partial charge in [0, 0.05) is 16.7 Å². The zero-order valence-electron chi connectivity index (χ0n) is 16.9. The molecule has 0 radical (unpaired) electrons. The summed E-state index contributed by atoms with van der Waals surface area (Å²) >= 11 is 1.55. The molecule has 2 aromatic heterocycles. The fourth-order valence-corrected chi connectivity index (χ4v) is 5.05. The van der Waals surface area contributed by atoms with Crippen LogP contribution in [0.2, 0.25) is 0 Å². The van der Waals surface area contributed by atoms with Gasteiger partial charge in [-0.2, -0.15) is 5.26 Å². The Morgan fingerprint density at radius 3 is 3.03 bits per heavy atom. The van der Waals surface area contributed by atoms with E-state index in [2.05, 4.69) is 18.0 Å². The Kier molecular flexibility index (Phi) is 5.53. The van der Waals surface area contributed by atoms with Crippen LogP contribution in [0.5, 0.6) is 5.75 Å². The molecule has 6 heteroatoms. The van der Waals surface area contributed by atoms with Crippen molar-refractivity contribution in [1.29, 1.82) is 5.26 Å². The first-order valence-corrected chi connectivity index (χ1v) is 11.3. The van der Waals surface area contributed by atoms with E-state index in [1.165, 1.54) is 0 Å². The van der Waals surface area contributed by atoms with Gasteiger partial charge in [-0.05, 0) is 49.3 Å². The Hall–Kier alpha value is -2.49. The van der Waals surface area contributed by atoms with E-state index < -0.39 is 0 Å². The Morgan fingerprint density at radius 1 is 1.41 bits per heavy atom. The van der Waals surface area contributed by atoms with Gasteiger partial charge in [0.1, 0.15) is 29.6 Å². The number of hydrogen-bond donors (Lipinski definition) is 1. The summed E-state index contributed by atoms with van der Waals surface area (Å²) in [6.07, 6.45) is 10.2. The van der Waals surface area contributed by atoms with Crippen molar-refractivity contribution in [2.45, 2.75) is 43.0 Å². The first kappa shape index (κ1) is 19.8. The fraction of sp³-hybridized carbons (Fsp3) is 0.391. The number of aromatic nitrogens is 2. The van der Waals surface area contributed by atoms with Gasteiger partial charge in [-0.25, -0.2) is 4.98 Å². The normalized spacial score (nSPS) is 21.4. The van der Waals surface area contributed by atoms with Crippen molar-refractivity contribution in [3.63, 3.8) is 0 Å². The monoisotopic (exact) mass is 406 g/mol. The molecule has 2 N–H and O–H groups in total. The maximum Gasteiger partial charge on any atom is 0.138 e. The predicted molar refractivity (Wildman–Crippen MR) is 117 cm³/mol. The second-order valence-electron chi connectivity index (χ2n) is 7.75. The van der Waals surface area contributed by atoms with E-state index >= 15 is 0 Å². The van der Waals surface area contributed by atoms with Crippen LogP contribution in [-0.2, 0) is 0 Å². The number of thioether (sulfide) groups is 1. The van der Waals surface area contributed by atoms with Crippen molar-refractivity contribution in [2.24, 2.45) is 11.7 Å². The topological polar surface area (TPSA) is 76.3 Å². The van der Waals surface area contributed by atoms with E-state index in [0.29, 0.717) is 23.8 Å². The van der Waals surface area contributed by atoms with Crippen molar-refractivity contribution in [3.8, 4) is 23.1 Å². The number of fused-ring (bicyclic) bond motifs is 1. The molecule has 1 aliphatic rings. The molecule has 150 valence electrons. The molecule has 0 unspecified atom stereocenters. The molecule has 0 bridgehead atoms. The zero-order valence-corrected chi connectivity index (χ0v) is 17.7. The van der Waals surface area contributed by atoms with E-state index in [1.807, 2.05) is 53.4 Å². The smallest absolute Gasteiger partial charge is 0.138 e. The van der Waals surface area contributed by atoms with E-state index in [0.717, 1.165) is 47.5 Å². The lowest BCUT2D eigenvalue weighted by molar-refractivity contribution is 0.175. The molecule has 2 heterocycles. The minimum absolute atomic E-state index is 0.319. The van der Waals surface area contributed by atoms with Gasteiger partial charge in [-0.1, -0.05) is 25.8 Å². The Labute approximate surface area is 175 Å². The summed E-state index contributed by atoms with van der Waals surface area (Å²) in [5, 5.41) is 9.79. The lowest BCUT2D eigenvalue weighted by atomic mass is 9.87. The van der Waals surface area contributed by atoms with E-state index in [9.17, 15) is 5.26 Å². The molecule has 29 heavy (non-hydrogen) atoms. The molecule has 1 aromatic carbocycles. The fourth-order valence-electron chi connectivity index (χ4n) is 4.45. The highest BCUT2D eigenvalue weighted by molar-refractivity contribution is 7.98. The Morgan fingerprint density at radius 2 is 2.28 bits per heavy atom. The maximum absolute atomic E-state index is 9.79. The third-order valence-corrected chi connectivity index (χ3v) is 6.87. The summed E-state index contributed by atoms with van der Waals surface area (Å²) in [7, 11) is 0. The van der Waals surface area contributed by atoms with E-state index in [1.54, 1.807) is 11.8 Å². The van der Waals surface area contributed by atoms with Gasteiger partial charge in [0.25, 0.3) is 0 Å². The maximum atomic E-state index is 9.79. The van der Waals surface area contributed by atoms with Crippen LogP contribution >= 0.6 is 11.8 Å². The van der Waals surface area contributed by atoms with Crippen molar-refractivity contribution in [2.75, 3.05) is 12.9 Å². The quantitative estimate of drug-likeness (QED) is 0.590. The summed E-state index contributed by atoms with van der Waals surface area (Å²) in [5.41, 5.74) is 9.80. The van der Waals surface area contributed by atoms with Crippen LogP contribution in [0, 0.1) is 17.2 Å². The van der Waals surface area contributed by atoms with Crippen LogP contribution in [-0.4, -0.2) is 27.8 Å². The number of nitrogens with zero attached hydrogens (tertiary/aromatic N) is 3. The van der Waals surface area contributed by atoms with E-state index in [-0.39, 0.29) is 5.54 Å². The number of nitrogens with two attached hydrogens (primary N) is 1. The summed E-state index contributed by atoms with van der Waals surface area (Å²) < 4.78 is 8.30. The van der Waals surface area contributed by atoms with Gasteiger partial charge in [0.2, 0.25) is 0 Å². The number of hydrogen-bond acceptors (Lipinski definition) is 5. The number of imidazole rings is 1. The zero-order chi connectivity index (χ0) is 20.4. The highest BCUT2D eigenvalue weighted by atomic mass is 32.2. The van der Waals surface area contributed by atoms with Gasteiger partial charge < -0.3 is 10.5 Å². The highest BCUT2D eigenvalue weighted by Crippen LogP contribution is 2.39.